The first-order valence-electron chi connectivity index (χ1n) is 8.29. The second-order valence-corrected chi connectivity index (χ2v) is 6.25. The first-order valence-corrected chi connectivity index (χ1v) is 8.29. The van der Waals surface area contributed by atoms with E-state index in [1.165, 1.54) is 12.1 Å². The van der Waals surface area contributed by atoms with Crippen molar-refractivity contribution >= 4 is 11.6 Å². The van der Waals surface area contributed by atoms with Crippen LogP contribution in [-0.4, -0.2) is 26.9 Å². The van der Waals surface area contributed by atoms with Crippen LogP contribution < -0.4 is 5.32 Å². The van der Waals surface area contributed by atoms with Crippen LogP contribution in [0.4, 0.5) is 13.2 Å². The highest BCUT2D eigenvalue weighted by Crippen LogP contribution is 2.29. The zero-order valence-electron chi connectivity index (χ0n) is 14.5. The van der Waals surface area contributed by atoms with E-state index in [1.54, 1.807) is 6.20 Å². The van der Waals surface area contributed by atoms with Crippen LogP contribution >= 0.6 is 0 Å². The molecule has 0 bridgehead atoms. The van der Waals surface area contributed by atoms with Gasteiger partial charge in [0.1, 0.15) is 5.65 Å². The average Bonchev–Trinajstić information content (AvgIpc) is 3.03. The number of alkyl halides is 3. The minimum absolute atomic E-state index is 0.0738. The molecular weight excluding hydrogens is 359 g/mol. The van der Waals surface area contributed by atoms with Gasteiger partial charge in [0.15, 0.2) is 0 Å². The molecule has 0 aliphatic rings. The summed E-state index contributed by atoms with van der Waals surface area (Å²) < 4.78 is 39.5. The monoisotopic (exact) mass is 377 g/mol. The van der Waals surface area contributed by atoms with Crippen molar-refractivity contribution in [3.05, 3.63) is 71.2 Å². The lowest BCUT2D eigenvalue weighted by atomic mass is 10.1. The van der Waals surface area contributed by atoms with Crippen molar-refractivity contribution < 1.29 is 23.1 Å². The van der Waals surface area contributed by atoms with Crippen LogP contribution in [0.15, 0.2) is 48.8 Å². The summed E-state index contributed by atoms with van der Waals surface area (Å²) in [6, 6.07) is 7.99. The normalized spacial score (nSPS) is 12.9. The Kier molecular flexibility index (Phi) is 5.18. The minimum atomic E-state index is -4.43. The second kappa shape index (κ2) is 7.40. The Hall–Kier alpha value is -2.87. The number of fused-ring (bicyclic) bond motifs is 1. The van der Waals surface area contributed by atoms with E-state index in [1.807, 2.05) is 29.7 Å². The standard InChI is InChI=1S/C19H18F3N3O2/c1-12-3-2-8-25-15(10-24-18(12)25)9-17(27)23-11-16(26)13-4-6-14(7-5-13)19(20,21)22/h2-8,10,16,26H,9,11H2,1H3,(H,23,27). The maximum absolute atomic E-state index is 12.6. The lowest BCUT2D eigenvalue weighted by Crippen LogP contribution is -2.30. The molecule has 0 radical (unpaired) electrons. The fourth-order valence-corrected chi connectivity index (χ4v) is 2.78. The van der Waals surface area contributed by atoms with Gasteiger partial charge in [-0.15, -0.1) is 0 Å². The fraction of sp³-hybridized carbons (Fsp3) is 0.263. The largest absolute Gasteiger partial charge is 0.416 e. The highest BCUT2D eigenvalue weighted by atomic mass is 19.4. The molecule has 3 rings (SSSR count). The maximum Gasteiger partial charge on any atom is 0.416 e. The molecule has 27 heavy (non-hydrogen) atoms. The molecule has 5 nitrogen and oxygen atoms in total. The zero-order chi connectivity index (χ0) is 19.6. The third-order valence-electron chi connectivity index (χ3n) is 4.26. The molecule has 142 valence electrons. The molecule has 0 fully saturated rings. The van der Waals surface area contributed by atoms with Gasteiger partial charge in [-0.1, -0.05) is 18.2 Å². The number of aliphatic hydroxyl groups excluding tert-OH is 1. The summed E-state index contributed by atoms with van der Waals surface area (Å²) in [4.78, 5) is 16.4. The smallest absolute Gasteiger partial charge is 0.387 e. The van der Waals surface area contributed by atoms with Gasteiger partial charge >= 0.3 is 6.18 Å². The van der Waals surface area contributed by atoms with Crippen LogP contribution in [-0.2, 0) is 17.4 Å². The Morgan fingerprint density at radius 1 is 1.26 bits per heavy atom. The van der Waals surface area contributed by atoms with E-state index in [9.17, 15) is 23.1 Å². The molecule has 1 aromatic carbocycles. The van der Waals surface area contributed by atoms with Gasteiger partial charge in [-0.25, -0.2) is 4.98 Å². The van der Waals surface area contributed by atoms with Gasteiger partial charge in [0.05, 0.1) is 23.8 Å². The molecule has 8 heteroatoms. The number of imidazole rings is 1. The zero-order valence-corrected chi connectivity index (χ0v) is 14.5. The molecule has 2 heterocycles. The Balaban J connectivity index is 1.59. The van der Waals surface area contributed by atoms with Crippen molar-refractivity contribution in [3.8, 4) is 0 Å². The molecule has 3 aromatic rings. The summed E-state index contributed by atoms with van der Waals surface area (Å²) >= 11 is 0. The number of pyridine rings is 1. The number of aliphatic hydroxyl groups is 1. The summed E-state index contributed by atoms with van der Waals surface area (Å²) in [5.41, 5.74) is 1.97. The quantitative estimate of drug-likeness (QED) is 0.718. The fourth-order valence-electron chi connectivity index (χ4n) is 2.78. The van der Waals surface area contributed by atoms with Crippen molar-refractivity contribution in [2.75, 3.05) is 6.54 Å². The van der Waals surface area contributed by atoms with E-state index >= 15 is 0 Å². The number of hydrogen-bond acceptors (Lipinski definition) is 3. The van der Waals surface area contributed by atoms with Gasteiger partial charge in [0.2, 0.25) is 5.91 Å². The van der Waals surface area contributed by atoms with E-state index in [4.69, 9.17) is 0 Å². The summed E-state index contributed by atoms with van der Waals surface area (Å²) in [5.74, 6) is -0.315. The van der Waals surface area contributed by atoms with Crippen LogP contribution in [0.1, 0.15) is 28.5 Å². The third kappa shape index (κ3) is 4.28. The number of halogens is 3. The maximum atomic E-state index is 12.6. The molecule has 0 spiro atoms. The van der Waals surface area contributed by atoms with Crippen molar-refractivity contribution in [3.63, 3.8) is 0 Å². The number of aryl methyl sites for hydroxylation is 1. The molecule has 2 aromatic heterocycles. The van der Waals surface area contributed by atoms with Crippen molar-refractivity contribution in [2.45, 2.75) is 25.6 Å². The van der Waals surface area contributed by atoms with Crippen LogP contribution in [0.3, 0.4) is 0 Å². The Morgan fingerprint density at radius 3 is 2.63 bits per heavy atom. The number of hydrogen-bond donors (Lipinski definition) is 2. The number of benzene rings is 1. The van der Waals surface area contributed by atoms with Crippen LogP contribution in [0.5, 0.6) is 0 Å². The lowest BCUT2D eigenvalue weighted by molar-refractivity contribution is -0.137. The molecule has 1 atom stereocenters. The van der Waals surface area contributed by atoms with E-state index in [2.05, 4.69) is 10.3 Å². The van der Waals surface area contributed by atoms with E-state index < -0.39 is 17.8 Å². The number of carbonyl (C=O) groups is 1. The second-order valence-electron chi connectivity index (χ2n) is 6.25. The number of amides is 1. The first-order chi connectivity index (χ1) is 12.8. The number of aromatic nitrogens is 2. The average molecular weight is 377 g/mol. The van der Waals surface area contributed by atoms with Gasteiger partial charge in [-0.2, -0.15) is 13.2 Å². The van der Waals surface area contributed by atoms with E-state index in [0.29, 0.717) is 11.3 Å². The highest BCUT2D eigenvalue weighted by molar-refractivity contribution is 5.78. The minimum Gasteiger partial charge on any atom is -0.387 e. The highest BCUT2D eigenvalue weighted by Gasteiger charge is 2.30. The van der Waals surface area contributed by atoms with Crippen LogP contribution in [0.2, 0.25) is 0 Å². The third-order valence-corrected chi connectivity index (χ3v) is 4.26. The van der Waals surface area contributed by atoms with E-state index in [0.717, 1.165) is 23.3 Å². The molecule has 0 saturated heterocycles. The van der Waals surface area contributed by atoms with Crippen molar-refractivity contribution in [1.29, 1.82) is 0 Å². The van der Waals surface area contributed by atoms with Gasteiger partial charge in [-0.3, -0.25) is 4.79 Å². The summed E-state index contributed by atoms with van der Waals surface area (Å²) in [7, 11) is 0. The molecule has 1 amide bonds. The predicted molar refractivity (Wildman–Crippen MR) is 93.0 cm³/mol. The molecule has 1 unspecified atom stereocenters. The number of nitrogens with one attached hydrogen (secondary N) is 1. The Morgan fingerprint density at radius 2 is 1.96 bits per heavy atom. The topological polar surface area (TPSA) is 66.6 Å². The first kappa shape index (κ1) is 18.9. The Labute approximate surface area is 153 Å². The Bertz CT molecular complexity index is 949. The summed E-state index contributed by atoms with van der Waals surface area (Å²) in [6.45, 7) is 1.83. The summed E-state index contributed by atoms with van der Waals surface area (Å²) in [6.07, 6.45) is -2.02. The van der Waals surface area contributed by atoms with Gasteiger partial charge in [-0.05, 0) is 36.2 Å². The van der Waals surface area contributed by atoms with Crippen LogP contribution in [0, 0.1) is 6.92 Å². The molecule has 0 aliphatic carbocycles. The lowest BCUT2D eigenvalue weighted by Gasteiger charge is -2.13. The van der Waals surface area contributed by atoms with Crippen LogP contribution in [0.25, 0.3) is 5.65 Å². The molecule has 2 N–H and O–H groups in total. The van der Waals surface area contributed by atoms with Crippen molar-refractivity contribution in [1.82, 2.24) is 14.7 Å². The molecular formula is C19H18F3N3O2. The van der Waals surface area contributed by atoms with Gasteiger partial charge in [0.25, 0.3) is 0 Å². The predicted octanol–water partition coefficient (Wildman–Crippen LogP) is 3.05. The van der Waals surface area contributed by atoms with Gasteiger partial charge in [0, 0.05) is 18.9 Å². The number of nitrogens with zero attached hydrogens (tertiary/aromatic N) is 2. The SMILES string of the molecule is Cc1cccn2c(CC(=O)NCC(O)c3ccc(C(F)(F)F)cc3)cnc12. The van der Waals surface area contributed by atoms with Gasteiger partial charge < -0.3 is 14.8 Å². The number of rotatable bonds is 5. The summed E-state index contributed by atoms with van der Waals surface area (Å²) in [5, 5.41) is 12.7. The number of carbonyl (C=O) groups excluding carboxylic acids is 1. The van der Waals surface area contributed by atoms with Crippen molar-refractivity contribution in [2.24, 2.45) is 0 Å². The molecule has 0 aliphatic heterocycles. The van der Waals surface area contributed by atoms with E-state index in [-0.39, 0.29) is 18.9 Å². The molecule has 0 saturated carbocycles.